The Labute approximate surface area is 107 Å². The van der Waals surface area contributed by atoms with Crippen LogP contribution in [0.4, 0.5) is 23.0 Å². The molecule has 0 fully saturated rings. The second-order valence-corrected chi connectivity index (χ2v) is 4.22. The molecule has 4 heteroatoms. The summed E-state index contributed by atoms with van der Waals surface area (Å²) >= 11 is 0. The number of hydrogen-bond acceptors (Lipinski definition) is 4. The molecule has 0 amide bonds. The van der Waals surface area contributed by atoms with Crippen molar-refractivity contribution >= 4 is 23.0 Å². The van der Waals surface area contributed by atoms with E-state index in [0.29, 0.717) is 11.5 Å². The Morgan fingerprint density at radius 3 is 2.28 bits per heavy atom. The van der Waals surface area contributed by atoms with Crippen LogP contribution >= 0.6 is 0 Å². The minimum atomic E-state index is 0.365. The molecule has 0 unspecified atom stereocenters. The Kier molecular flexibility index (Phi) is 3.37. The van der Waals surface area contributed by atoms with Crippen LogP contribution < -0.4 is 16.4 Å². The van der Waals surface area contributed by atoms with Crippen molar-refractivity contribution in [1.29, 1.82) is 0 Å². The van der Waals surface area contributed by atoms with E-state index >= 15 is 0 Å². The van der Waals surface area contributed by atoms with E-state index in [1.54, 1.807) is 6.07 Å². The number of nitrogens with zero attached hydrogens (tertiary/aromatic N) is 2. The molecule has 1 aromatic heterocycles. The number of aryl methyl sites for hydroxylation is 1. The first kappa shape index (κ1) is 12.2. The van der Waals surface area contributed by atoms with Crippen molar-refractivity contribution in [2.75, 3.05) is 23.4 Å². The zero-order chi connectivity index (χ0) is 13.1. The highest BCUT2D eigenvalue weighted by atomic mass is 15.2. The highest BCUT2D eigenvalue weighted by molar-refractivity contribution is 5.66. The van der Waals surface area contributed by atoms with Crippen molar-refractivity contribution in [3.63, 3.8) is 0 Å². The lowest BCUT2D eigenvalue weighted by molar-refractivity contribution is 1.11. The summed E-state index contributed by atoms with van der Waals surface area (Å²) < 4.78 is 0. The third kappa shape index (κ3) is 2.37. The molecule has 0 atom stereocenters. The number of nitrogen functional groups attached to an aromatic ring is 2. The van der Waals surface area contributed by atoms with Crippen LogP contribution in [0, 0.1) is 0 Å². The van der Waals surface area contributed by atoms with Gasteiger partial charge in [-0.1, -0.05) is 19.1 Å². The standard InChI is InChI=1S/C14H18N4/c1-3-10-4-6-11(7-5-10)18(2)13-9-8-12(15)14(16)17-13/h4-9H,3,15H2,1-2H3,(H2,16,17). The van der Waals surface area contributed by atoms with Gasteiger partial charge < -0.3 is 16.4 Å². The van der Waals surface area contributed by atoms with E-state index in [1.807, 2.05) is 18.0 Å². The summed E-state index contributed by atoms with van der Waals surface area (Å²) in [7, 11) is 1.96. The van der Waals surface area contributed by atoms with Gasteiger partial charge in [-0.25, -0.2) is 4.98 Å². The largest absolute Gasteiger partial charge is 0.396 e. The van der Waals surface area contributed by atoms with Crippen LogP contribution in [-0.2, 0) is 6.42 Å². The molecule has 0 bridgehead atoms. The Morgan fingerprint density at radius 2 is 1.72 bits per heavy atom. The van der Waals surface area contributed by atoms with Gasteiger partial charge in [0.25, 0.3) is 0 Å². The van der Waals surface area contributed by atoms with E-state index in [2.05, 4.69) is 36.2 Å². The molecule has 1 heterocycles. The predicted octanol–water partition coefficient (Wildman–Crippen LogP) is 2.58. The highest BCUT2D eigenvalue weighted by Gasteiger charge is 2.06. The number of benzene rings is 1. The minimum absolute atomic E-state index is 0.365. The first-order chi connectivity index (χ1) is 8.61. The zero-order valence-corrected chi connectivity index (χ0v) is 10.7. The Balaban J connectivity index is 2.28. The average molecular weight is 242 g/mol. The molecule has 2 aromatic rings. The Bertz CT molecular complexity index is 534. The summed E-state index contributed by atoms with van der Waals surface area (Å²) in [5.74, 6) is 1.15. The van der Waals surface area contributed by atoms with Gasteiger partial charge >= 0.3 is 0 Å². The number of rotatable bonds is 3. The summed E-state index contributed by atoms with van der Waals surface area (Å²) in [5.41, 5.74) is 14.3. The van der Waals surface area contributed by atoms with Crippen molar-refractivity contribution in [2.45, 2.75) is 13.3 Å². The van der Waals surface area contributed by atoms with Crippen LogP contribution in [0.3, 0.4) is 0 Å². The van der Waals surface area contributed by atoms with Gasteiger partial charge in [0.2, 0.25) is 0 Å². The fraction of sp³-hybridized carbons (Fsp3) is 0.214. The molecule has 0 aliphatic carbocycles. The molecule has 4 N–H and O–H groups in total. The topological polar surface area (TPSA) is 68.2 Å². The summed E-state index contributed by atoms with van der Waals surface area (Å²) in [6.45, 7) is 2.14. The lowest BCUT2D eigenvalue weighted by atomic mass is 10.1. The minimum Gasteiger partial charge on any atom is -0.396 e. The molecule has 0 aliphatic rings. The van der Waals surface area contributed by atoms with Crippen molar-refractivity contribution in [3.8, 4) is 0 Å². The van der Waals surface area contributed by atoms with E-state index in [1.165, 1.54) is 5.56 Å². The SMILES string of the molecule is CCc1ccc(N(C)c2ccc(N)c(N)n2)cc1. The van der Waals surface area contributed by atoms with E-state index in [9.17, 15) is 0 Å². The van der Waals surface area contributed by atoms with Crippen LogP contribution in [0.2, 0.25) is 0 Å². The second-order valence-electron chi connectivity index (χ2n) is 4.22. The number of hydrogen-bond donors (Lipinski definition) is 2. The number of aromatic nitrogens is 1. The molecule has 0 radical (unpaired) electrons. The van der Waals surface area contributed by atoms with Crippen LogP contribution in [0.1, 0.15) is 12.5 Å². The Morgan fingerprint density at radius 1 is 1.06 bits per heavy atom. The van der Waals surface area contributed by atoms with Gasteiger partial charge in [-0.2, -0.15) is 0 Å². The third-order valence-electron chi connectivity index (χ3n) is 3.02. The van der Waals surface area contributed by atoms with Crippen molar-refractivity contribution in [2.24, 2.45) is 0 Å². The molecule has 4 nitrogen and oxygen atoms in total. The first-order valence-corrected chi connectivity index (χ1v) is 5.96. The van der Waals surface area contributed by atoms with Crippen LogP contribution in [0.25, 0.3) is 0 Å². The fourth-order valence-electron chi connectivity index (χ4n) is 1.75. The van der Waals surface area contributed by atoms with E-state index < -0.39 is 0 Å². The molecule has 0 saturated carbocycles. The van der Waals surface area contributed by atoms with Gasteiger partial charge in [0.05, 0.1) is 5.69 Å². The smallest absolute Gasteiger partial charge is 0.149 e. The maximum atomic E-state index is 5.72. The normalized spacial score (nSPS) is 10.3. The lowest BCUT2D eigenvalue weighted by Gasteiger charge is -2.19. The molecular formula is C14H18N4. The van der Waals surface area contributed by atoms with Crippen LogP contribution in [-0.4, -0.2) is 12.0 Å². The highest BCUT2D eigenvalue weighted by Crippen LogP contribution is 2.24. The third-order valence-corrected chi connectivity index (χ3v) is 3.02. The van der Waals surface area contributed by atoms with Crippen molar-refractivity contribution < 1.29 is 0 Å². The molecule has 94 valence electrons. The second kappa shape index (κ2) is 4.96. The first-order valence-electron chi connectivity index (χ1n) is 5.96. The summed E-state index contributed by atoms with van der Waals surface area (Å²) in [6.07, 6.45) is 1.04. The lowest BCUT2D eigenvalue weighted by Crippen LogP contribution is -2.12. The van der Waals surface area contributed by atoms with E-state index in [4.69, 9.17) is 11.5 Å². The number of anilines is 4. The van der Waals surface area contributed by atoms with Gasteiger partial charge in [-0.3, -0.25) is 0 Å². The van der Waals surface area contributed by atoms with E-state index in [-0.39, 0.29) is 0 Å². The van der Waals surface area contributed by atoms with Crippen molar-refractivity contribution in [3.05, 3.63) is 42.0 Å². The fourth-order valence-corrected chi connectivity index (χ4v) is 1.75. The number of nitrogens with two attached hydrogens (primary N) is 2. The zero-order valence-electron chi connectivity index (χ0n) is 10.7. The summed E-state index contributed by atoms with van der Waals surface area (Å²) in [5, 5.41) is 0. The summed E-state index contributed by atoms with van der Waals surface area (Å²) in [6, 6.07) is 12.0. The maximum Gasteiger partial charge on any atom is 0.149 e. The van der Waals surface area contributed by atoms with Gasteiger partial charge in [-0.05, 0) is 36.2 Å². The van der Waals surface area contributed by atoms with Crippen LogP contribution in [0.5, 0.6) is 0 Å². The van der Waals surface area contributed by atoms with Gasteiger partial charge in [-0.15, -0.1) is 0 Å². The maximum absolute atomic E-state index is 5.72. The molecule has 18 heavy (non-hydrogen) atoms. The number of pyridine rings is 1. The molecule has 0 saturated heterocycles. The van der Waals surface area contributed by atoms with E-state index in [0.717, 1.165) is 17.9 Å². The van der Waals surface area contributed by atoms with Gasteiger partial charge in [0.1, 0.15) is 11.6 Å². The molecule has 2 rings (SSSR count). The predicted molar refractivity (Wildman–Crippen MR) is 76.9 cm³/mol. The quantitative estimate of drug-likeness (QED) is 0.868. The van der Waals surface area contributed by atoms with Gasteiger partial charge in [0, 0.05) is 12.7 Å². The average Bonchev–Trinajstić information content (AvgIpc) is 2.41. The molecule has 0 spiro atoms. The molecule has 0 aliphatic heterocycles. The summed E-state index contributed by atoms with van der Waals surface area (Å²) in [4.78, 5) is 6.25. The molecular weight excluding hydrogens is 224 g/mol. The molecule has 1 aromatic carbocycles. The van der Waals surface area contributed by atoms with Gasteiger partial charge in [0.15, 0.2) is 0 Å². The Hall–Kier alpha value is -2.23. The monoisotopic (exact) mass is 242 g/mol. The van der Waals surface area contributed by atoms with Crippen LogP contribution in [0.15, 0.2) is 36.4 Å². The van der Waals surface area contributed by atoms with Crippen molar-refractivity contribution in [1.82, 2.24) is 4.98 Å².